The molecule has 0 aliphatic heterocycles. The van der Waals surface area contributed by atoms with E-state index >= 15 is 0 Å². The number of rotatable bonds is 4. The van der Waals surface area contributed by atoms with Crippen LogP contribution >= 0.6 is 11.6 Å². The molecule has 4 heteroatoms. The normalized spacial score (nSPS) is 10.3. The minimum Gasteiger partial charge on any atom is -0.496 e. The molecule has 0 unspecified atom stereocenters. The summed E-state index contributed by atoms with van der Waals surface area (Å²) in [4.78, 5) is 0. The quantitative estimate of drug-likeness (QED) is 0.895. The summed E-state index contributed by atoms with van der Waals surface area (Å²) in [5.74, 6) is 0.472. The van der Waals surface area contributed by atoms with Gasteiger partial charge in [0, 0.05) is 12.1 Å². The van der Waals surface area contributed by atoms with Gasteiger partial charge >= 0.3 is 0 Å². The summed E-state index contributed by atoms with van der Waals surface area (Å²) in [6.07, 6.45) is 0. The lowest BCUT2D eigenvalue weighted by Crippen LogP contribution is -2.02. The zero-order valence-corrected chi connectivity index (χ0v) is 11.6. The molecule has 0 saturated carbocycles. The first-order valence-electron chi connectivity index (χ1n) is 5.92. The third kappa shape index (κ3) is 3.38. The van der Waals surface area contributed by atoms with Crippen molar-refractivity contribution < 1.29 is 9.13 Å². The van der Waals surface area contributed by atoms with Crippen LogP contribution in [-0.4, -0.2) is 7.11 Å². The lowest BCUT2D eigenvalue weighted by Gasteiger charge is -2.12. The van der Waals surface area contributed by atoms with Crippen LogP contribution in [0, 0.1) is 12.7 Å². The lowest BCUT2D eigenvalue weighted by atomic mass is 10.1. The number of nitrogens with one attached hydrogen (secondary N) is 1. The zero-order chi connectivity index (χ0) is 13.8. The van der Waals surface area contributed by atoms with Gasteiger partial charge in [-0.1, -0.05) is 29.3 Å². The highest BCUT2D eigenvalue weighted by molar-refractivity contribution is 6.33. The van der Waals surface area contributed by atoms with Crippen molar-refractivity contribution in [1.82, 2.24) is 0 Å². The van der Waals surface area contributed by atoms with Crippen LogP contribution in [0.5, 0.6) is 5.75 Å². The SMILES string of the molecule is COc1ccc(C)cc1CNc1ccc(F)cc1Cl. The van der Waals surface area contributed by atoms with Gasteiger partial charge < -0.3 is 10.1 Å². The molecule has 0 spiro atoms. The molecule has 2 rings (SSSR count). The molecule has 0 atom stereocenters. The van der Waals surface area contributed by atoms with E-state index in [9.17, 15) is 4.39 Å². The van der Waals surface area contributed by atoms with Crippen molar-refractivity contribution in [1.29, 1.82) is 0 Å². The summed E-state index contributed by atoms with van der Waals surface area (Å²) in [6.45, 7) is 2.59. The van der Waals surface area contributed by atoms with Crippen LogP contribution < -0.4 is 10.1 Å². The van der Waals surface area contributed by atoms with E-state index in [1.165, 1.54) is 12.1 Å². The van der Waals surface area contributed by atoms with Gasteiger partial charge in [-0.25, -0.2) is 4.39 Å². The minimum atomic E-state index is -0.344. The number of hydrogen-bond donors (Lipinski definition) is 1. The second-order valence-electron chi connectivity index (χ2n) is 4.29. The van der Waals surface area contributed by atoms with Gasteiger partial charge in [0.25, 0.3) is 0 Å². The van der Waals surface area contributed by atoms with E-state index in [2.05, 4.69) is 5.32 Å². The van der Waals surface area contributed by atoms with Gasteiger partial charge in [-0.05, 0) is 31.2 Å². The molecule has 0 bridgehead atoms. The van der Waals surface area contributed by atoms with Crippen LogP contribution in [0.4, 0.5) is 10.1 Å². The third-order valence-electron chi connectivity index (χ3n) is 2.84. The molecule has 2 aromatic rings. The molecule has 1 N–H and O–H groups in total. The number of halogens is 2. The number of methoxy groups -OCH3 is 1. The third-order valence-corrected chi connectivity index (χ3v) is 3.15. The molecular formula is C15H15ClFNO. The molecular weight excluding hydrogens is 265 g/mol. The smallest absolute Gasteiger partial charge is 0.124 e. The van der Waals surface area contributed by atoms with Crippen molar-refractivity contribution in [3.05, 3.63) is 58.4 Å². The molecule has 0 radical (unpaired) electrons. The molecule has 100 valence electrons. The monoisotopic (exact) mass is 279 g/mol. The number of hydrogen-bond acceptors (Lipinski definition) is 2. The first kappa shape index (κ1) is 13.7. The van der Waals surface area contributed by atoms with Crippen LogP contribution in [0.2, 0.25) is 5.02 Å². The molecule has 0 aliphatic rings. The fourth-order valence-corrected chi connectivity index (χ4v) is 2.10. The maximum Gasteiger partial charge on any atom is 0.124 e. The van der Waals surface area contributed by atoms with Crippen LogP contribution in [0.15, 0.2) is 36.4 Å². The molecule has 0 aromatic heterocycles. The maximum atomic E-state index is 13.0. The van der Waals surface area contributed by atoms with Crippen LogP contribution in [0.3, 0.4) is 0 Å². The molecule has 19 heavy (non-hydrogen) atoms. The van der Waals surface area contributed by atoms with Gasteiger partial charge in [0.1, 0.15) is 11.6 Å². The Kier molecular flexibility index (Phi) is 4.27. The fourth-order valence-electron chi connectivity index (χ4n) is 1.87. The standard InChI is InChI=1S/C15H15ClFNO/c1-10-3-6-15(19-2)11(7-10)9-18-14-5-4-12(17)8-13(14)16/h3-8,18H,9H2,1-2H3. The van der Waals surface area contributed by atoms with E-state index < -0.39 is 0 Å². The molecule has 0 heterocycles. The number of anilines is 1. The van der Waals surface area contributed by atoms with E-state index in [1.54, 1.807) is 13.2 Å². The molecule has 0 fully saturated rings. The lowest BCUT2D eigenvalue weighted by molar-refractivity contribution is 0.410. The Hall–Kier alpha value is -1.74. The predicted octanol–water partition coefficient (Wildman–Crippen LogP) is 4.41. The van der Waals surface area contributed by atoms with E-state index in [1.807, 2.05) is 25.1 Å². The Morgan fingerprint density at radius 2 is 2.00 bits per heavy atom. The summed E-state index contributed by atoms with van der Waals surface area (Å²) in [7, 11) is 1.64. The highest BCUT2D eigenvalue weighted by Crippen LogP contribution is 2.25. The van der Waals surface area contributed by atoms with Gasteiger partial charge in [0.05, 0.1) is 17.8 Å². The summed E-state index contributed by atoms with van der Waals surface area (Å²) in [5.41, 5.74) is 2.89. The summed E-state index contributed by atoms with van der Waals surface area (Å²) >= 11 is 5.97. The largest absolute Gasteiger partial charge is 0.496 e. The highest BCUT2D eigenvalue weighted by Gasteiger charge is 2.05. The second kappa shape index (κ2) is 5.93. The van der Waals surface area contributed by atoms with E-state index in [-0.39, 0.29) is 5.82 Å². The van der Waals surface area contributed by atoms with Crippen LogP contribution in [0.1, 0.15) is 11.1 Å². The van der Waals surface area contributed by atoms with E-state index in [0.29, 0.717) is 17.3 Å². The number of ether oxygens (including phenoxy) is 1. The molecule has 0 amide bonds. The summed E-state index contributed by atoms with van der Waals surface area (Å²) < 4.78 is 18.3. The molecule has 2 nitrogen and oxygen atoms in total. The van der Waals surface area contributed by atoms with Crippen LogP contribution in [0.25, 0.3) is 0 Å². The topological polar surface area (TPSA) is 21.3 Å². The van der Waals surface area contributed by atoms with Gasteiger partial charge in [-0.2, -0.15) is 0 Å². The molecule has 0 saturated heterocycles. The van der Waals surface area contributed by atoms with Crippen molar-refractivity contribution in [2.75, 3.05) is 12.4 Å². The van der Waals surface area contributed by atoms with Gasteiger partial charge in [0.2, 0.25) is 0 Å². The first-order chi connectivity index (χ1) is 9.10. The van der Waals surface area contributed by atoms with Crippen molar-refractivity contribution in [2.45, 2.75) is 13.5 Å². The van der Waals surface area contributed by atoms with Crippen molar-refractivity contribution in [3.63, 3.8) is 0 Å². The number of benzene rings is 2. The average molecular weight is 280 g/mol. The maximum absolute atomic E-state index is 13.0. The van der Waals surface area contributed by atoms with Crippen molar-refractivity contribution in [2.24, 2.45) is 0 Å². The fraction of sp³-hybridized carbons (Fsp3) is 0.200. The Morgan fingerprint density at radius 1 is 1.21 bits per heavy atom. The Balaban J connectivity index is 2.16. The Morgan fingerprint density at radius 3 is 2.68 bits per heavy atom. The van der Waals surface area contributed by atoms with Crippen molar-refractivity contribution in [3.8, 4) is 5.75 Å². The summed E-state index contributed by atoms with van der Waals surface area (Å²) in [6, 6.07) is 10.3. The van der Waals surface area contributed by atoms with Gasteiger partial charge in [0.15, 0.2) is 0 Å². The average Bonchev–Trinajstić information content (AvgIpc) is 2.38. The van der Waals surface area contributed by atoms with Crippen LogP contribution in [-0.2, 0) is 6.54 Å². The zero-order valence-electron chi connectivity index (χ0n) is 10.8. The first-order valence-corrected chi connectivity index (χ1v) is 6.30. The molecule has 0 aliphatic carbocycles. The Labute approximate surface area is 117 Å². The van der Waals surface area contributed by atoms with Gasteiger partial charge in [-0.15, -0.1) is 0 Å². The minimum absolute atomic E-state index is 0.344. The van der Waals surface area contributed by atoms with E-state index in [0.717, 1.165) is 16.9 Å². The van der Waals surface area contributed by atoms with E-state index in [4.69, 9.17) is 16.3 Å². The Bertz CT molecular complexity index is 586. The highest BCUT2D eigenvalue weighted by atomic mass is 35.5. The second-order valence-corrected chi connectivity index (χ2v) is 4.70. The molecule has 2 aromatic carbocycles. The van der Waals surface area contributed by atoms with Gasteiger partial charge in [-0.3, -0.25) is 0 Å². The predicted molar refractivity (Wildman–Crippen MR) is 76.5 cm³/mol. The summed E-state index contributed by atoms with van der Waals surface area (Å²) in [5, 5.41) is 3.55. The number of aryl methyl sites for hydroxylation is 1. The van der Waals surface area contributed by atoms with Crippen molar-refractivity contribution >= 4 is 17.3 Å².